The van der Waals surface area contributed by atoms with Crippen molar-refractivity contribution in [3.05, 3.63) is 0 Å². The minimum absolute atomic E-state index is 0.117. The zero-order chi connectivity index (χ0) is 13.1. The van der Waals surface area contributed by atoms with Gasteiger partial charge in [0.2, 0.25) is 0 Å². The summed E-state index contributed by atoms with van der Waals surface area (Å²) < 4.78 is 18.2. The molecular formula is C11H28N2O3Ti. The van der Waals surface area contributed by atoms with Crippen molar-refractivity contribution in [1.82, 2.24) is 0 Å². The van der Waals surface area contributed by atoms with Gasteiger partial charge in [-0.25, -0.2) is 0 Å². The molecular weight excluding hydrogens is 256 g/mol. The van der Waals surface area contributed by atoms with Crippen LogP contribution >= 0.6 is 0 Å². The Morgan fingerprint density at radius 3 is 1.76 bits per heavy atom. The number of rotatable bonds is 11. The second-order valence-electron chi connectivity index (χ2n) is 3.86. The molecule has 0 radical (unpaired) electrons. The first-order chi connectivity index (χ1) is 8.14. The molecule has 0 aromatic rings. The summed E-state index contributed by atoms with van der Waals surface area (Å²) in [6.45, 7) is 8.43. The maximum absolute atomic E-state index is 5.96. The summed E-state index contributed by atoms with van der Waals surface area (Å²) in [5.74, 6) is 0. The van der Waals surface area contributed by atoms with Crippen LogP contribution in [0.15, 0.2) is 0 Å². The Morgan fingerprint density at radius 1 is 0.941 bits per heavy atom. The van der Waals surface area contributed by atoms with E-state index >= 15 is 0 Å². The monoisotopic (exact) mass is 284 g/mol. The Morgan fingerprint density at radius 2 is 1.41 bits per heavy atom. The van der Waals surface area contributed by atoms with E-state index in [1.165, 1.54) is 0 Å². The Bertz CT molecular complexity index is 167. The van der Waals surface area contributed by atoms with Crippen LogP contribution in [0.25, 0.3) is 0 Å². The summed E-state index contributed by atoms with van der Waals surface area (Å²) in [5.41, 5.74) is 11.4. The SMILES string of the molecule is CC[O][Ti]([CH2]CC(N)CCN)([O]CC)[O]CC. The second kappa shape index (κ2) is 10.4. The molecule has 0 heterocycles. The van der Waals surface area contributed by atoms with Gasteiger partial charge in [-0.3, -0.25) is 0 Å². The minimum atomic E-state index is -3.06. The van der Waals surface area contributed by atoms with Gasteiger partial charge in [-0.1, -0.05) is 0 Å². The molecule has 0 aliphatic rings. The van der Waals surface area contributed by atoms with Crippen molar-refractivity contribution >= 4 is 0 Å². The zero-order valence-electron chi connectivity index (χ0n) is 11.4. The normalized spacial score (nSPS) is 13.9. The first-order valence-corrected chi connectivity index (χ1v) is 9.53. The zero-order valence-corrected chi connectivity index (χ0v) is 13.0. The fourth-order valence-electron chi connectivity index (χ4n) is 1.72. The van der Waals surface area contributed by atoms with E-state index in [4.69, 9.17) is 21.4 Å². The molecule has 0 bridgehead atoms. The van der Waals surface area contributed by atoms with Crippen molar-refractivity contribution in [3.8, 4) is 0 Å². The molecule has 0 rings (SSSR count). The molecule has 4 N–H and O–H groups in total. The van der Waals surface area contributed by atoms with Crippen molar-refractivity contribution in [1.29, 1.82) is 0 Å². The quantitative estimate of drug-likeness (QED) is 0.562. The van der Waals surface area contributed by atoms with E-state index in [9.17, 15) is 0 Å². The van der Waals surface area contributed by atoms with Crippen LogP contribution in [0.2, 0.25) is 4.73 Å². The van der Waals surface area contributed by atoms with Gasteiger partial charge in [0.1, 0.15) is 0 Å². The van der Waals surface area contributed by atoms with Crippen LogP contribution in [0.3, 0.4) is 0 Å². The van der Waals surface area contributed by atoms with E-state index in [-0.39, 0.29) is 6.04 Å². The van der Waals surface area contributed by atoms with Crippen molar-refractivity contribution in [2.75, 3.05) is 26.4 Å². The molecule has 0 spiro atoms. The van der Waals surface area contributed by atoms with Gasteiger partial charge in [0.25, 0.3) is 0 Å². The van der Waals surface area contributed by atoms with Crippen LogP contribution in [-0.2, 0) is 27.7 Å². The van der Waals surface area contributed by atoms with E-state index in [0.717, 1.165) is 17.6 Å². The summed E-state index contributed by atoms with van der Waals surface area (Å²) >= 11 is -3.06. The molecule has 0 saturated carbocycles. The fourth-order valence-corrected chi connectivity index (χ4v) is 5.98. The van der Waals surface area contributed by atoms with Gasteiger partial charge in [0.05, 0.1) is 0 Å². The van der Waals surface area contributed by atoms with Crippen molar-refractivity contribution < 1.29 is 27.7 Å². The molecule has 104 valence electrons. The van der Waals surface area contributed by atoms with Crippen LogP contribution in [0.5, 0.6) is 0 Å². The van der Waals surface area contributed by atoms with Crippen molar-refractivity contribution in [2.45, 2.75) is 44.4 Å². The van der Waals surface area contributed by atoms with Crippen LogP contribution in [0.4, 0.5) is 0 Å². The van der Waals surface area contributed by atoms with Gasteiger partial charge in [0.15, 0.2) is 0 Å². The Kier molecular flexibility index (Phi) is 10.8. The molecule has 6 heteroatoms. The average molecular weight is 284 g/mol. The summed E-state index contributed by atoms with van der Waals surface area (Å²) in [4.78, 5) is 0. The van der Waals surface area contributed by atoms with Gasteiger partial charge in [-0.05, 0) is 0 Å². The predicted octanol–water partition coefficient (Wildman–Crippen LogP) is 1.48. The van der Waals surface area contributed by atoms with Gasteiger partial charge in [-0.15, -0.1) is 0 Å². The number of hydrogen-bond donors (Lipinski definition) is 2. The van der Waals surface area contributed by atoms with E-state index < -0.39 is 17.8 Å². The molecule has 0 aromatic heterocycles. The van der Waals surface area contributed by atoms with Crippen molar-refractivity contribution in [2.24, 2.45) is 11.5 Å². The molecule has 0 aliphatic carbocycles. The summed E-state index contributed by atoms with van der Waals surface area (Å²) in [5, 5.41) is 0. The van der Waals surface area contributed by atoms with E-state index in [2.05, 4.69) is 0 Å². The molecule has 1 atom stereocenters. The third-order valence-corrected chi connectivity index (χ3v) is 7.27. The first kappa shape index (κ1) is 17.5. The third-order valence-electron chi connectivity index (χ3n) is 2.45. The average Bonchev–Trinajstić information content (AvgIpc) is 2.28. The Hall–Kier alpha value is 0.514. The topological polar surface area (TPSA) is 79.7 Å². The fraction of sp³-hybridized carbons (Fsp3) is 1.00. The van der Waals surface area contributed by atoms with E-state index in [1.807, 2.05) is 20.8 Å². The molecule has 1 unspecified atom stereocenters. The molecule has 5 nitrogen and oxygen atoms in total. The third kappa shape index (κ3) is 7.52. The molecule has 0 amide bonds. The maximum atomic E-state index is 5.96. The Balaban J connectivity index is 4.32. The molecule has 0 fully saturated rings. The van der Waals surface area contributed by atoms with Gasteiger partial charge >= 0.3 is 110 Å². The number of nitrogens with two attached hydrogens (primary N) is 2. The van der Waals surface area contributed by atoms with Crippen LogP contribution < -0.4 is 11.5 Å². The standard InChI is InChI=1S/C5H13N2.3C2H5O.Ti/c1-2-5(7)3-4-6;3*1-2-3;/h5H,1-4,6-7H2;3*2H2,1H3;/q;3*-1;+3. The van der Waals surface area contributed by atoms with Gasteiger partial charge in [0, 0.05) is 0 Å². The molecule has 0 aromatic carbocycles. The summed E-state index contributed by atoms with van der Waals surface area (Å²) in [6, 6.07) is 0.117. The predicted molar refractivity (Wildman–Crippen MR) is 65.9 cm³/mol. The molecule has 17 heavy (non-hydrogen) atoms. The second-order valence-corrected chi connectivity index (χ2v) is 8.12. The van der Waals surface area contributed by atoms with Crippen molar-refractivity contribution in [3.63, 3.8) is 0 Å². The van der Waals surface area contributed by atoms with Gasteiger partial charge in [-0.2, -0.15) is 0 Å². The summed E-state index contributed by atoms with van der Waals surface area (Å²) in [6.07, 6.45) is 1.69. The number of hydrogen-bond acceptors (Lipinski definition) is 5. The van der Waals surface area contributed by atoms with E-state index in [1.54, 1.807) is 0 Å². The van der Waals surface area contributed by atoms with Gasteiger partial charge < -0.3 is 0 Å². The van der Waals surface area contributed by atoms with Crippen LogP contribution in [-0.4, -0.2) is 32.4 Å². The van der Waals surface area contributed by atoms with Crippen LogP contribution in [0.1, 0.15) is 33.6 Å². The summed E-state index contributed by atoms with van der Waals surface area (Å²) in [7, 11) is 0. The Labute approximate surface area is 110 Å². The first-order valence-electron chi connectivity index (χ1n) is 6.51. The molecule has 0 saturated heterocycles. The van der Waals surface area contributed by atoms with E-state index in [0.29, 0.717) is 26.4 Å². The van der Waals surface area contributed by atoms with Crippen LogP contribution in [0, 0.1) is 0 Å². The molecule has 0 aliphatic heterocycles.